The van der Waals surface area contributed by atoms with Crippen LogP contribution in [-0.2, 0) is 20.6 Å². The molecule has 114 valence electrons. The lowest BCUT2D eigenvalue weighted by molar-refractivity contribution is 0.0620. The molecule has 0 aromatic carbocycles. The predicted octanol–water partition coefficient (Wildman–Crippen LogP) is 2.37. The minimum Gasteiger partial charge on any atom is -0.464 e. The molecule has 5 nitrogen and oxygen atoms in total. The van der Waals surface area contributed by atoms with Gasteiger partial charge in [0.25, 0.3) is 0 Å². The van der Waals surface area contributed by atoms with Gasteiger partial charge in [-0.1, -0.05) is 0 Å². The molecule has 0 atom stereocenters. The van der Waals surface area contributed by atoms with Crippen molar-refractivity contribution in [3.8, 4) is 0 Å². The highest BCUT2D eigenvalue weighted by atomic mass is 35.5. The average Bonchev–Trinajstić information content (AvgIpc) is 2.82. The standard InChI is InChI=1S/C13H20ClNO4S/c1-10-13(7-12(8-14)19-10)20(16,17)15(2)9-11-3-5-18-6-4-11/h7,11H,3-6,8-9H2,1-2H3. The molecule has 0 saturated carbocycles. The maximum absolute atomic E-state index is 12.5. The molecule has 2 heterocycles. The van der Waals surface area contributed by atoms with Gasteiger partial charge in [0.1, 0.15) is 16.4 Å². The summed E-state index contributed by atoms with van der Waals surface area (Å²) in [5, 5.41) is 0. The van der Waals surface area contributed by atoms with Gasteiger partial charge in [-0.25, -0.2) is 12.7 Å². The molecule has 0 radical (unpaired) electrons. The molecule has 7 heteroatoms. The Bertz CT molecular complexity index is 549. The number of hydrogen-bond donors (Lipinski definition) is 0. The second-order valence-electron chi connectivity index (χ2n) is 5.11. The molecule has 20 heavy (non-hydrogen) atoms. The van der Waals surface area contributed by atoms with Crippen LogP contribution in [0.1, 0.15) is 24.4 Å². The first-order valence-electron chi connectivity index (χ1n) is 6.64. The lowest BCUT2D eigenvalue weighted by Gasteiger charge is -2.26. The average molecular weight is 322 g/mol. The topological polar surface area (TPSA) is 59.8 Å². The minimum absolute atomic E-state index is 0.167. The summed E-state index contributed by atoms with van der Waals surface area (Å²) in [5.41, 5.74) is 0. The van der Waals surface area contributed by atoms with E-state index in [-0.39, 0.29) is 10.8 Å². The van der Waals surface area contributed by atoms with E-state index >= 15 is 0 Å². The van der Waals surface area contributed by atoms with Gasteiger partial charge in [-0.15, -0.1) is 11.6 Å². The number of aryl methyl sites for hydroxylation is 1. The van der Waals surface area contributed by atoms with Gasteiger partial charge in [-0.2, -0.15) is 0 Å². The Hall–Kier alpha value is -0.560. The number of ether oxygens (including phenoxy) is 1. The van der Waals surface area contributed by atoms with Crippen molar-refractivity contribution in [2.45, 2.75) is 30.5 Å². The van der Waals surface area contributed by atoms with E-state index in [9.17, 15) is 8.42 Å². The highest BCUT2D eigenvalue weighted by Gasteiger charge is 2.28. The molecule has 0 N–H and O–H groups in total. The van der Waals surface area contributed by atoms with Crippen molar-refractivity contribution in [3.63, 3.8) is 0 Å². The predicted molar refractivity (Wildman–Crippen MR) is 76.4 cm³/mol. The Morgan fingerprint density at radius 2 is 2.05 bits per heavy atom. The molecule has 1 aromatic heterocycles. The number of halogens is 1. The third-order valence-electron chi connectivity index (χ3n) is 3.60. The van der Waals surface area contributed by atoms with Crippen LogP contribution >= 0.6 is 11.6 Å². The number of nitrogens with zero attached hydrogens (tertiary/aromatic N) is 1. The van der Waals surface area contributed by atoms with Crippen molar-refractivity contribution in [1.29, 1.82) is 0 Å². The zero-order chi connectivity index (χ0) is 14.8. The van der Waals surface area contributed by atoms with Gasteiger partial charge in [0.15, 0.2) is 0 Å². The summed E-state index contributed by atoms with van der Waals surface area (Å²) >= 11 is 5.68. The van der Waals surface area contributed by atoms with Crippen molar-refractivity contribution < 1.29 is 17.6 Å². The Labute approximate surface area is 124 Å². The van der Waals surface area contributed by atoms with E-state index < -0.39 is 10.0 Å². The molecule has 0 spiro atoms. The van der Waals surface area contributed by atoms with Crippen LogP contribution in [0.3, 0.4) is 0 Å². The van der Waals surface area contributed by atoms with E-state index in [4.69, 9.17) is 20.8 Å². The van der Waals surface area contributed by atoms with E-state index in [0.717, 1.165) is 12.8 Å². The van der Waals surface area contributed by atoms with Crippen LogP contribution in [-0.4, -0.2) is 39.5 Å². The molecule has 1 aliphatic heterocycles. The minimum atomic E-state index is -3.52. The lowest BCUT2D eigenvalue weighted by Crippen LogP contribution is -2.34. The summed E-state index contributed by atoms with van der Waals surface area (Å²) in [6.07, 6.45) is 1.80. The zero-order valence-corrected chi connectivity index (χ0v) is 13.3. The number of furan rings is 1. The maximum Gasteiger partial charge on any atom is 0.246 e. The normalized spacial score (nSPS) is 17.8. The molecular weight excluding hydrogens is 302 g/mol. The Morgan fingerprint density at radius 1 is 1.40 bits per heavy atom. The molecule has 1 fully saturated rings. The third-order valence-corrected chi connectivity index (χ3v) is 5.79. The fourth-order valence-electron chi connectivity index (χ4n) is 2.40. The molecule has 1 aromatic rings. The van der Waals surface area contributed by atoms with Gasteiger partial charge in [0.05, 0.1) is 5.88 Å². The van der Waals surface area contributed by atoms with Gasteiger partial charge in [-0.05, 0) is 25.7 Å². The van der Waals surface area contributed by atoms with Crippen LogP contribution in [0.5, 0.6) is 0 Å². The number of sulfonamides is 1. The summed E-state index contributed by atoms with van der Waals surface area (Å²) in [6.45, 7) is 3.57. The van der Waals surface area contributed by atoms with Gasteiger partial charge in [-0.3, -0.25) is 0 Å². The molecule has 0 amide bonds. The highest BCUT2D eigenvalue weighted by molar-refractivity contribution is 7.89. The second kappa shape index (κ2) is 6.47. The van der Waals surface area contributed by atoms with Gasteiger partial charge < -0.3 is 9.15 Å². The first kappa shape index (κ1) is 15.8. The monoisotopic (exact) mass is 321 g/mol. The Kier molecular flexibility index (Phi) is 5.12. The van der Waals surface area contributed by atoms with Gasteiger partial charge in [0.2, 0.25) is 10.0 Å². The van der Waals surface area contributed by atoms with Crippen LogP contribution in [0.2, 0.25) is 0 Å². The Balaban J connectivity index is 2.13. The van der Waals surface area contributed by atoms with Gasteiger partial charge >= 0.3 is 0 Å². The van der Waals surface area contributed by atoms with Crippen LogP contribution in [0, 0.1) is 12.8 Å². The van der Waals surface area contributed by atoms with E-state index in [0.29, 0.717) is 37.2 Å². The summed E-state index contributed by atoms with van der Waals surface area (Å²) in [6, 6.07) is 1.51. The molecule has 1 aliphatic rings. The molecular formula is C13H20ClNO4S. The van der Waals surface area contributed by atoms with Crippen LogP contribution in [0.15, 0.2) is 15.4 Å². The van der Waals surface area contributed by atoms with E-state index in [2.05, 4.69) is 0 Å². The maximum atomic E-state index is 12.5. The van der Waals surface area contributed by atoms with Crippen LogP contribution in [0.25, 0.3) is 0 Å². The summed E-state index contributed by atoms with van der Waals surface area (Å²) in [5.74, 6) is 1.38. The fourth-order valence-corrected chi connectivity index (χ4v) is 3.96. The van der Waals surface area contributed by atoms with Crippen LogP contribution in [0.4, 0.5) is 0 Å². The van der Waals surface area contributed by atoms with Crippen molar-refractivity contribution in [1.82, 2.24) is 4.31 Å². The summed E-state index contributed by atoms with van der Waals surface area (Å²) in [7, 11) is -1.91. The summed E-state index contributed by atoms with van der Waals surface area (Å²) < 4.78 is 37.1. The van der Waals surface area contributed by atoms with E-state index in [1.54, 1.807) is 14.0 Å². The van der Waals surface area contributed by atoms with E-state index in [1.807, 2.05) is 0 Å². The number of hydrogen-bond acceptors (Lipinski definition) is 4. The van der Waals surface area contributed by atoms with Crippen molar-refractivity contribution in [3.05, 3.63) is 17.6 Å². The largest absolute Gasteiger partial charge is 0.464 e. The quantitative estimate of drug-likeness (QED) is 0.781. The molecule has 2 rings (SSSR count). The second-order valence-corrected chi connectivity index (χ2v) is 7.39. The Morgan fingerprint density at radius 3 is 2.60 bits per heavy atom. The lowest BCUT2D eigenvalue weighted by atomic mass is 10.0. The van der Waals surface area contributed by atoms with Gasteiger partial charge in [0, 0.05) is 32.9 Å². The highest BCUT2D eigenvalue weighted by Crippen LogP contribution is 2.25. The first-order chi connectivity index (χ1) is 9.45. The zero-order valence-electron chi connectivity index (χ0n) is 11.8. The van der Waals surface area contributed by atoms with Crippen molar-refractivity contribution in [2.75, 3.05) is 26.8 Å². The first-order valence-corrected chi connectivity index (χ1v) is 8.62. The number of rotatable bonds is 5. The molecule has 1 saturated heterocycles. The van der Waals surface area contributed by atoms with Crippen molar-refractivity contribution in [2.24, 2.45) is 5.92 Å². The smallest absolute Gasteiger partial charge is 0.246 e. The molecule has 0 unspecified atom stereocenters. The molecule has 0 bridgehead atoms. The third kappa shape index (κ3) is 3.36. The van der Waals surface area contributed by atoms with Crippen molar-refractivity contribution >= 4 is 21.6 Å². The molecule has 0 aliphatic carbocycles. The number of alkyl halides is 1. The van der Waals surface area contributed by atoms with Crippen LogP contribution < -0.4 is 0 Å². The van der Waals surface area contributed by atoms with E-state index in [1.165, 1.54) is 10.4 Å². The fraction of sp³-hybridized carbons (Fsp3) is 0.692. The summed E-state index contributed by atoms with van der Waals surface area (Å²) in [4.78, 5) is 0.211. The SMILES string of the molecule is Cc1oc(CCl)cc1S(=O)(=O)N(C)CC1CCOCC1.